The Labute approximate surface area is 50.1 Å². The highest BCUT2D eigenvalue weighted by Gasteiger charge is 2.27. The second kappa shape index (κ2) is 2.29. The predicted molar refractivity (Wildman–Crippen MR) is 32.6 cm³/mol. The van der Waals surface area contributed by atoms with Crippen molar-refractivity contribution in [2.45, 2.75) is 26.2 Å². The lowest BCUT2D eigenvalue weighted by Crippen LogP contribution is -2.25. The molecule has 1 saturated carbocycles. The van der Waals surface area contributed by atoms with Crippen LogP contribution >= 0.6 is 0 Å². The van der Waals surface area contributed by atoms with Crippen LogP contribution in [0, 0.1) is 11.8 Å². The fourth-order valence-corrected chi connectivity index (χ4v) is 1.28. The van der Waals surface area contributed by atoms with Gasteiger partial charge in [-0.15, -0.1) is 0 Å². The van der Waals surface area contributed by atoms with Gasteiger partial charge in [-0.1, -0.05) is 13.3 Å². The summed E-state index contributed by atoms with van der Waals surface area (Å²) < 4.78 is 0. The van der Waals surface area contributed by atoms with Gasteiger partial charge in [-0.3, -0.25) is 0 Å². The van der Waals surface area contributed by atoms with E-state index < -0.39 is 0 Å². The van der Waals surface area contributed by atoms with Crippen molar-refractivity contribution in [3.05, 3.63) is 0 Å². The molecule has 0 N–H and O–H groups in total. The molecule has 0 aromatic heterocycles. The molecule has 8 heavy (non-hydrogen) atoms. The molecule has 0 saturated heterocycles. The molecule has 0 radical (unpaired) electrons. The van der Waals surface area contributed by atoms with Gasteiger partial charge in [0, 0.05) is 5.92 Å². The summed E-state index contributed by atoms with van der Waals surface area (Å²) in [5.74, 6) is 1.15. The third-order valence-corrected chi connectivity index (χ3v) is 2.18. The maximum Gasteiger partial charge on any atom is 0.123 e. The van der Waals surface area contributed by atoms with Crippen molar-refractivity contribution in [2.24, 2.45) is 11.8 Å². The average molecular weight is 112 g/mol. The highest BCUT2D eigenvalue weighted by atomic mass is 16.1. The summed E-state index contributed by atoms with van der Waals surface area (Å²) in [7, 11) is 0. The zero-order valence-electron chi connectivity index (χ0n) is 5.26. The Kier molecular flexibility index (Phi) is 1.66. The number of hydrogen-bond donors (Lipinski definition) is 0. The molecule has 46 valence electrons. The summed E-state index contributed by atoms with van der Waals surface area (Å²) in [5.41, 5.74) is 0. The third-order valence-electron chi connectivity index (χ3n) is 2.18. The first-order valence-electron chi connectivity index (χ1n) is 3.33. The molecule has 1 fully saturated rings. The second-order valence-electron chi connectivity index (χ2n) is 2.55. The Bertz CT molecular complexity index is 86.4. The highest BCUT2D eigenvalue weighted by Crippen LogP contribution is 2.34. The molecule has 0 amide bonds. The molecule has 0 aromatic rings. The van der Waals surface area contributed by atoms with E-state index in [9.17, 15) is 4.79 Å². The van der Waals surface area contributed by atoms with Crippen molar-refractivity contribution in [1.82, 2.24) is 0 Å². The molecule has 1 rings (SSSR count). The molecule has 0 aromatic carbocycles. The highest BCUT2D eigenvalue weighted by molar-refractivity contribution is 5.55. The number of carbonyl (C=O) groups is 1. The topological polar surface area (TPSA) is 17.1 Å². The molecule has 1 aliphatic carbocycles. The minimum atomic E-state index is 0.417. The van der Waals surface area contributed by atoms with Crippen LogP contribution in [0.15, 0.2) is 0 Å². The van der Waals surface area contributed by atoms with Gasteiger partial charge in [0.15, 0.2) is 0 Å². The van der Waals surface area contributed by atoms with Gasteiger partial charge in [-0.25, -0.2) is 0 Å². The van der Waals surface area contributed by atoms with E-state index in [0.29, 0.717) is 5.92 Å². The summed E-state index contributed by atoms with van der Waals surface area (Å²) >= 11 is 0. The van der Waals surface area contributed by atoms with Crippen LogP contribution in [-0.2, 0) is 4.79 Å². The number of hydrogen-bond acceptors (Lipinski definition) is 1. The number of carbonyl (C=O) groups excluding carboxylic acids is 1. The van der Waals surface area contributed by atoms with Crippen molar-refractivity contribution >= 4 is 6.29 Å². The molecule has 2 unspecified atom stereocenters. The lowest BCUT2D eigenvalue weighted by molar-refractivity contribution is -0.115. The Balaban J connectivity index is 2.26. The molecule has 2 atom stereocenters. The molecular weight excluding hydrogens is 100 g/mol. The predicted octanol–water partition coefficient (Wildman–Crippen LogP) is 1.62. The normalized spacial score (nSPS) is 36.1. The van der Waals surface area contributed by atoms with Crippen molar-refractivity contribution in [3.8, 4) is 0 Å². The van der Waals surface area contributed by atoms with Gasteiger partial charge in [-0.05, 0) is 18.8 Å². The standard InChI is InChI=1S/C7H12O/c1-2-6-3-4-7(6)5-8/h5-7H,2-4H2,1H3. The van der Waals surface area contributed by atoms with Gasteiger partial charge in [0.2, 0.25) is 0 Å². The van der Waals surface area contributed by atoms with Crippen LogP contribution in [0.5, 0.6) is 0 Å². The number of aldehydes is 1. The fraction of sp³-hybridized carbons (Fsp3) is 0.857. The van der Waals surface area contributed by atoms with Gasteiger partial charge in [0.1, 0.15) is 6.29 Å². The zero-order valence-corrected chi connectivity index (χ0v) is 5.26. The molecule has 0 heterocycles. The van der Waals surface area contributed by atoms with Crippen LogP contribution in [0.3, 0.4) is 0 Å². The maximum atomic E-state index is 10.2. The minimum absolute atomic E-state index is 0.417. The summed E-state index contributed by atoms with van der Waals surface area (Å²) in [6, 6.07) is 0. The Morgan fingerprint density at radius 1 is 1.62 bits per heavy atom. The third kappa shape index (κ3) is 0.770. The van der Waals surface area contributed by atoms with Crippen LogP contribution in [0.25, 0.3) is 0 Å². The molecule has 1 heteroatoms. The van der Waals surface area contributed by atoms with Crippen LogP contribution in [0.4, 0.5) is 0 Å². The van der Waals surface area contributed by atoms with E-state index in [0.717, 1.165) is 18.6 Å². The molecule has 0 bridgehead atoms. The van der Waals surface area contributed by atoms with Gasteiger partial charge < -0.3 is 4.79 Å². The van der Waals surface area contributed by atoms with Crippen molar-refractivity contribution in [1.29, 1.82) is 0 Å². The van der Waals surface area contributed by atoms with Gasteiger partial charge in [-0.2, -0.15) is 0 Å². The van der Waals surface area contributed by atoms with Crippen molar-refractivity contribution in [3.63, 3.8) is 0 Å². The summed E-state index contributed by atoms with van der Waals surface area (Å²) in [6.45, 7) is 2.15. The first-order valence-corrected chi connectivity index (χ1v) is 3.33. The fourth-order valence-electron chi connectivity index (χ4n) is 1.28. The smallest absolute Gasteiger partial charge is 0.123 e. The Morgan fingerprint density at radius 3 is 2.50 bits per heavy atom. The first-order chi connectivity index (χ1) is 3.88. The van der Waals surface area contributed by atoms with E-state index in [1.54, 1.807) is 0 Å². The zero-order chi connectivity index (χ0) is 5.98. The molecular formula is C7H12O. The lowest BCUT2D eigenvalue weighted by atomic mass is 9.73. The number of rotatable bonds is 2. The molecule has 0 spiro atoms. The van der Waals surface area contributed by atoms with Crippen LogP contribution in [0.2, 0.25) is 0 Å². The average Bonchev–Trinajstić information content (AvgIpc) is 1.66. The second-order valence-corrected chi connectivity index (χ2v) is 2.55. The quantitative estimate of drug-likeness (QED) is 0.496. The monoisotopic (exact) mass is 112 g/mol. The minimum Gasteiger partial charge on any atom is -0.303 e. The van der Waals surface area contributed by atoms with E-state index in [1.165, 1.54) is 12.8 Å². The molecule has 0 aliphatic heterocycles. The first kappa shape index (κ1) is 5.80. The lowest BCUT2D eigenvalue weighted by Gasteiger charge is -2.31. The van der Waals surface area contributed by atoms with E-state index in [2.05, 4.69) is 6.92 Å². The van der Waals surface area contributed by atoms with Crippen molar-refractivity contribution in [2.75, 3.05) is 0 Å². The SMILES string of the molecule is CCC1CCC1C=O. The Hall–Kier alpha value is -0.330. The largest absolute Gasteiger partial charge is 0.303 e. The maximum absolute atomic E-state index is 10.2. The van der Waals surface area contributed by atoms with Crippen LogP contribution in [-0.4, -0.2) is 6.29 Å². The van der Waals surface area contributed by atoms with Gasteiger partial charge in [0.25, 0.3) is 0 Å². The van der Waals surface area contributed by atoms with Gasteiger partial charge in [0.05, 0.1) is 0 Å². The summed E-state index contributed by atoms with van der Waals surface area (Å²) in [4.78, 5) is 10.2. The summed E-state index contributed by atoms with van der Waals surface area (Å²) in [6.07, 6.45) is 4.71. The molecule has 1 nitrogen and oxygen atoms in total. The van der Waals surface area contributed by atoms with Crippen molar-refractivity contribution < 1.29 is 4.79 Å². The van der Waals surface area contributed by atoms with E-state index in [4.69, 9.17) is 0 Å². The molecule has 1 aliphatic rings. The van der Waals surface area contributed by atoms with E-state index in [-0.39, 0.29) is 0 Å². The van der Waals surface area contributed by atoms with E-state index >= 15 is 0 Å². The van der Waals surface area contributed by atoms with Gasteiger partial charge >= 0.3 is 0 Å². The van der Waals surface area contributed by atoms with E-state index in [1.807, 2.05) is 0 Å². The van der Waals surface area contributed by atoms with Crippen LogP contribution in [0.1, 0.15) is 26.2 Å². The van der Waals surface area contributed by atoms with Crippen LogP contribution < -0.4 is 0 Å². The summed E-state index contributed by atoms with van der Waals surface area (Å²) in [5, 5.41) is 0. The Morgan fingerprint density at radius 2 is 2.38 bits per heavy atom.